The molecule has 1 unspecified atom stereocenters. The van der Waals surface area contributed by atoms with Gasteiger partial charge in [-0.25, -0.2) is 0 Å². The molecule has 3 aromatic carbocycles. The minimum atomic E-state index is 0.252. The van der Waals surface area contributed by atoms with Crippen molar-refractivity contribution in [3.8, 4) is 5.75 Å². The van der Waals surface area contributed by atoms with Gasteiger partial charge in [0.25, 0.3) is 0 Å². The van der Waals surface area contributed by atoms with Gasteiger partial charge in [0.1, 0.15) is 5.75 Å². The number of para-hydroxylation sites is 1. The zero-order valence-corrected chi connectivity index (χ0v) is 18.7. The third-order valence-corrected chi connectivity index (χ3v) is 6.39. The van der Waals surface area contributed by atoms with E-state index in [4.69, 9.17) is 9.47 Å². The van der Waals surface area contributed by atoms with Gasteiger partial charge in [-0.15, -0.1) is 0 Å². The maximum absolute atomic E-state index is 6.10. The fourth-order valence-electron chi connectivity index (χ4n) is 3.44. The molecule has 29 heavy (non-hydrogen) atoms. The summed E-state index contributed by atoms with van der Waals surface area (Å²) in [6.07, 6.45) is 0.844. The van der Waals surface area contributed by atoms with Crippen LogP contribution in [0.1, 0.15) is 22.3 Å². The summed E-state index contributed by atoms with van der Waals surface area (Å²) < 4.78 is 11.3. The number of aryl methyl sites for hydroxylation is 1. The van der Waals surface area contributed by atoms with E-state index in [0.717, 1.165) is 18.7 Å². The molecule has 0 aliphatic rings. The number of methoxy groups -OCH3 is 1. The molecular formula is C25H30NO2P. The lowest BCUT2D eigenvalue weighted by Gasteiger charge is -2.19. The van der Waals surface area contributed by atoms with Crippen LogP contribution in [-0.2, 0) is 17.7 Å². The zero-order chi connectivity index (χ0) is 20.6. The largest absolute Gasteiger partial charge is 0.467 e. The van der Waals surface area contributed by atoms with E-state index in [-0.39, 0.29) is 6.79 Å². The van der Waals surface area contributed by atoms with Gasteiger partial charge in [-0.1, -0.05) is 75.3 Å². The molecular weight excluding hydrogens is 377 g/mol. The van der Waals surface area contributed by atoms with E-state index in [0.29, 0.717) is 8.58 Å². The van der Waals surface area contributed by atoms with Crippen molar-refractivity contribution in [2.45, 2.75) is 19.9 Å². The SMILES string of the molecule is COCOc1c(Cc2ccccc2)cccc1Pc1c(C)cccc1CN(C)C. The van der Waals surface area contributed by atoms with Gasteiger partial charge in [-0.05, 0) is 48.6 Å². The first-order valence-corrected chi connectivity index (χ1v) is 10.9. The molecule has 3 nitrogen and oxygen atoms in total. The molecule has 0 N–H and O–H groups in total. The van der Waals surface area contributed by atoms with Crippen molar-refractivity contribution >= 4 is 19.2 Å². The molecule has 0 saturated heterocycles. The third kappa shape index (κ3) is 5.90. The van der Waals surface area contributed by atoms with Crippen LogP contribution in [0.15, 0.2) is 66.7 Å². The summed E-state index contributed by atoms with van der Waals surface area (Å²) in [6, 6.07) is 23.6. The van der Waals surface area contributed by atoms with E-state index in [1.54, 1.807) is 7.11 Å². The van der Waals surface area contributed by atoms with E-state index in [9.17, 15) is 0 Å². The predicted molar refractivity (Wildman–Crippen MR) is 124 cm³/mol. The number of nitrogens with zero attached hydrogens (tertiary/aromatic N) is 1. The van der Waals surface area contributed by atoms with E-state index in [1.807, 2.05) is 6.07 Å². The first-order valence-electron chi connectivity index (χ1n) is 9.86. The van der Waals surface area contributed by atoms with Gasteiger partial charge >= 0.3 is 0 Å². The van der Waals surface area contributed by atoms with E-state index < -0.39 is 0 Å². The quantitative estimate of drug-likeness (QED) is 0.391. The number of hydrogen-bond acceptors (Lipinski definition) is 3. The maximum Gasteiger partial charge on any atom is 0.188 e. The van der Waals surface area contributed by atoms with Crippen LogP contribution in [-0.4, -0.2) is 32.9 Å². The van der Waals surface area contributed by atoms with Gasteiger partial charge in [0, 0.05) is 25.4 Å². The summed E-state index contributed by atoms with van der Waals surface area (Å²) in [5, 5.41) is 2.63. The molecule has 0 fully saturated rings. The summed E-state index contributed by atoms with van der Waals surface area (Å²) >= 11 is 0. The summed E-state index contributed by atoms with van der Waals surface area (Å²) in [4.78, 5) is 2.22. The van der Waals surface area contributed by atoms with Crippen LogP contribution in [0.3, 0.4) is 0 Å². The Balaban J connectivity index is 1.98. The molecule has 0 aliphatic heterocycles. The Morgan fingerprint density at radius 3 is 2.31 bits per heavy atom. The highest BCUT2D eigenvalue weighted by atomic mass is 31.1. The Bertz CT molecular complexity index is 925. The van der Waals surface area contributed by atoms with Crippen molar-refractivity contribution < 1.29 is 9.47 Å². The third-order valence-electron chi connectivity index (χ3n) is 4.76. The Morgan fingerprint density at radius 1 is 0.862 bits per heavy atom. The second-order valence-electron chi connectivity index (χ2n) is 7.48. The molecule has 0 aromatic heterocycles. The van der Waals surface area contributed by atoms with Crippen molar-refractivity contribution in [2.24, 2.45) is 0 Å². The fourth-order valence-corrected chi connectivity index (χ4v) is 4.84. The summed E-state index contributed by atoms with van der Waals surface area (Å²) in [6.45, 7) is 3.38. The van der Waals surface area contributed by atoms with E-state index in [1.165, 1.54) is 32.9 Å². The van der Waals surface area contributed by atoms with Gasteiger partial charge in [0.2, 0.25) is 0 Å². The first-order chi connectivity index (χ1) is 14.1. The molecule has 3 aromatic rings. The van der Waals surface area contributed by atoms with Crippen molar-refractivity contribution in [3.05, 3.63) is 89.0 Å². The summed E-state index contributed by atoms with van der Waals surface area (Å²) in [5.74, 6) is 0.954. The van der Waals surface area contributed by atoms with Crippen molar-refractivity contribution in [1.82, 2.24) is 4.90 Å². The Morgan fingerprint density at radius 2 is 1.59 bits per heavy atom. The Hall–Kier alpha value is -2.19. The van der Waals surface area contributed by atoms with Crippen LogP contribution in [0.2, 0.25) is 0 Å². The molecule has 1 atom stereocenters. The van der Waals surface area contributed by atoms with Crippen LogP contribution in [0.4, 0.5) is 0 Å². The van der Waals surface area contributed by atoms with E-state index in [2.05, 4.69) is 86.6 Å². The maximum atomic E-state index is 6.10. The molecule has 0 spiro atoms. The van der Waals surface area contributed by atoms with Gasteiger partial charge in [-0.2, -0.15) is 0 Å². The molecule has 3 rings (SSSR count). The normalized spacial score (nSPS) is 11.5. The zero-order valence-electron chi connectivity index (χ0n) is 17.7. The van der Waals surface area contributed by atoms with Crippen LogP contribution in [0.25, 0.3) is 0 Å². The van der Waals surface area contributed by atoms with Crippen LogP contribution in [0, 0.1) is 6.92 Å². The van der Waals surface area contributed by atoms with Crippen LogP contribution < -0.4 is 15.3 Å². The van der Waals surface area contributed by atoms with Crippen molar-refractivity contribution in [2.75, 3.05) is 28.0 Å². The monoisotopic (exact) mass is 407 g/mol. The number of ether oxygens (including phenoxy) is 2. The molecule has 0 aliphatic carbocycles. The number of hydrogen-bond donors (Lipinski definition) is 0. The second kappa shape index (κ2) is 10.5. The van der Waals surface area contributed by atoms with Crippen LogP contribution >= 0.6 is 8.58 Å². The average molecular weight is 407 g/mol. The van der Waals surface area contributed by atoms with Gasteiger partial charge in [0.05, 0.1) is 0 Å². The lowest BCUT2D eigenvalue weighted by Crippen LogP contribution is -2.20. The minimum absolute atomic E-state index is 0.252. The molecule has 4 heteroatoms. The predicted octanol–water partition coefficient (Wildman–Crippen LogP) is 4.26. The lowest BCUT2D eigenvalue weighted by atomic mass is 10.0. The molecule has 0 amide bonds. The lowest BCUT2D eigenvalue weighted by molar-refractivity contribution is 0.0513. The van der Waals surface area contributed by atoms with Gasteiger partial charge in [0.15, 0.2) is 6.79 Å². The van der Waals surface area contributed by atoms with Crippen LogP contribution in [0.5, 0.6) is 5.75 Å². The smallest absolute Gasteiger partial charge is 0.188 e. The average Bonchev–Trinajstić information content (AvgIpc) is 2.70. The molecule has 152 valence electrons. The van der Waals surface area contributed by atoms with Crippen molar-refractivity contribution in [1.29, 1.82) is 0 Å². The fraction of sp³-hybridized carbons (Fsp3) is 0.280. The van der Waals surface area contributed by atoms with Gasteiger partial charge < -0.3 is 14.4 Å². The highest BCUT2D eigenvalue weighted by molar-refractivity contribution is 7.56. The number of rotatable bonds is 9. The van der Waals surface area contributed by atoms with E-state index >= 15 is 0 Å². The first kappa shape index (κ1) is 21.5. The highest BCUT2D eigenvalue weighted by Crippen LogP contribution is 2.28. The summed E-state index contributed by atoms with van der Waals surface area (Å²) in [7, 11) is 6.43. The Kier molecular flexibility index (Phi) is 7.83. The van der Waals surface area contributed by atoms with Crippen molar-refractivity contribution in [3.63, 3.8) is 0 Å². The minimum Gasteiger partial charge on any atom is -0.467 e. The molecule has 0 heterocycles. The topological polar surface area (TPSA) is 21.7 Å². The molecule has 0 radical (unpaired) electrons. The molecule has 0 bridgehead atoms. The second-order valence-corrected chi connectivity index (χ2v) is 8.77. The highest BCUT2D eigenvalue weighted by Gasteiger charge is 2.15. The Labute approximate surface area is 176 Å². The summed E-state index contributed by atoms with van der Waals surface area (Å²) in [5.41, 5.74) is 5.17. The standard InChI is InChI=1S/C25H30NO2P/c1-19-10-8-14-22(17-26(2)3)25(19)29-23-15-9-13-21(24(23)28-18-27-4)16-20-11-6-5-7-12-20/h5-15,29H,16-18H2,1-4H3. The van der Waals surface area contributed by atoms with Gasteiger partial charge in [-0.3, -0.25) is 0 Å². The number of benzene rings is 3. The molecule has 0 saturated carbocycles.